The number of nitrogens with one attached hydrogen (secondary N) is 1. The van der Waals surface area contributed by atoms with Gasteiger partial charge in [-0.3, -0.25) is 9.36 Å². The van der Waals surface area contributed by atoms with Crippen molar-refractivity contribution in [3.8, 4) is 11.3 Å². The fraction of sp³-hybridized carbons (Fsp3) is 0.211. The average Bonchev–Trinajstić information content (AvgIpc) is 2.64. The molecule has 3 aromatic rings. The van der Waals surface area contributed by atoms with Crippen LogP contribution in [0, 0.1) is 13.8 Å². The molecule has 0 spiro atoms. The molecule has 1 aromatic carbocycles. The van der Waals surface area contributed by atoms with E-state index in [0.29, 0.717) is 23.5 Å². The minimum absolute atomic E-state index is 0.0957. The topological polar surface area (TPSA) is 116 Å². The molecule has 1 amide bonds. The third kappa shape index (κ3) is 4.17. The summed E-state index contributed by atoms with van der Waals surface area (Å²) in [5, 5.41) is 2.80. The van der Waals surface area contributed by atoms with Gasteiger partial charge < -0.3 is 11.1 Å². The highest BCUT2D eigenvalue weighted by Crippen LogP contribution is 2.21. The van der Waals surface area contributed by atoms with E-state index in [2.05, 4.69) is 20.3 Å². The average molecular weight is 364 g/mol. The van der Waals surface area contributed by atoms with E-state index >= 15 is 0 Å². The SMILES string of the molecule is Cc1cc(C)n(CCNC(=O)c2cnc(N)nc2-c2ccccc2)c(=O)n1. The van der Waals surface area contributed by atoms with Gasteiger partial charge in [0.1, 0.15) is 0 Å². The Morgan fingerprint density at radius 2 is 1.93 bits per heavy atom. The van der Waals surface area contributed by atoms with E-state index in [0.717, 1.165) is 11.3 Å². The predicted molar refractivity (Wildman–Crippen MR) is 102 cm³/mol. The summed E-state index contributed by atoms with van der Waals surface area (Å²) >= 11 is 0. The molecule has 0 atom stereocenters. The zero-order chi connectivity index (χ0) is 19.4. The van der Waals surface area contributed by atoms with E-state index in [4.69, 9.17) is 5.73 Å². The van der Waals surface area contributed by atoms with Crippen molar-refractivity contribution >= 4 is 11.9 Å². The highest BCUT2D eigenvalue weighted by atomic mass is 16.2. The number of amides is 1. The molecule has 0 saturated carbocycles. The highest BCUT2D eigenvalue weighted by Gasteiger charge is 2.15. The maximum Gasteiger partial charge on any atom is 0.348 e. The Morgan fingerprint density at radius 3 is 2.63 bits per heavy atom. The standard InChI is InChI=1S/C19H20N6O2/c1-12-10-13(2)25(19(27)23-12)9-8-21-17(26)15-11-22-18(20)24-16(15)14-6-4-3-5-7-14/h3-7,10-11H,8-9H2,1-2H3,(H,21,26)(H2,20,22,24). The van der Waals surface area contributed by atoms with Gasteiger partial charge in [-0.05, 0) is 19.9 Å². The van der Waals surface area contributed by atoms with Crippen molar-refractivity contribution in [3.63, 3.8) is 0 Å². The number of nitrogen functional groups attached to an aromatic ring is 1. The molecule has 0 aliphatic carbocycles. The van der Waals surface area contributed by atoms with Crippen LogP contribution in [0.5, 0.6) is 0 Å². The number of nitrogens with two attached hydrogens (primary N) is 1. The van der Waals surface area contributed by atoms with Gasteiger partial charge in [-0.25, -0.2) is 14.8 Å². The summed E-state index contributed by atoms with van der Waals surface area (Å²) in [6.07, 6.45) is 1.41. The van der Waals surface area contributed by atoms with Crippen molar-refractivity contribution in [3.05, 3.63) is 70.0 Å². The maximum atomic E-state index is 12.6. The molecular weight excluding hydrogens is 344 g/mol. The number of carbonyl (C=O) groups excluding carboxylic acids is 1. The van der Waals surface area contributed by atoms with Crippen molar-refractivity contribution in [2.24, 2.45) is 0 Å². The van der Waals surface area contributed by atoms with Crippen molar-refractivity contribution in [2.45, 2.75) is 20.4 Å². The Kier molecular flexibility index (Phi) is 5.25. The summed E-state index contributed by atoms with van der Waals surface area (Å²) in [7, 11) is 0. The van der Waals surface area contributed by atoms with Crippen molar-refractivity contribution < 1.29 is 4.79 Å². The molecule has 2 heterocycles. The second-order valence-corrected chi connectivity index (χ2v) is 6.09. The first-order valence-corrected chi connectivity index (χ1v) is 8.47. The van der Waals surface area contributed by atoms with E-state index < -0.39 is 0 Å². The maximum absolute atomic E-state index is 12.6. The summed E-state index contributed by atoms with van der Waals surface area (Å²) in [4.78, 5) is 36.7. The zero-order valence-electron chi connectivity index (χ0n) is 15.1. The summed E-state index contributed by atoms with van der Waals surface area (Å²) in [5.41, 5.74) is 8.38. The zero-order valence-corrected chi connectivity index (χ0v) is 15.1. The van der Waals surface area contributed by atoms with Crippen LogP contribution in [-0.2, 0) is 6.54 Å². The molecule has 8 nitrogen and oxygen atoms in total. The lowest BCUT2D eigenvalue weighted by Crippen LogP contribution is -2.33. The van der Waals surface area contributed by atoms with Crippen molar-refractivity contribution in [2.75, 3.05) is 12.3 Å². The van der Waals surface area contributed by atoms with E-state index in [1.54, 1.807) is 6.92 Å². The van der Waals surface area contributed by atoms with E-state index in [-0.39, 0.29) is 24.1 Å². The largest absolute Gasteiger partial charge is 0.368 e. The Labute approximate surface area is 156 Å². The second kappa shape index (κ2) is 7.77. The third-order valence-corrected chi connectivity index (χ3v) is 4.07. The number of carbonyl (C=O) groups is 1. The summed E-state index contributed by atoms with van der Waals surface area (Å²) in [5.74, 6) is -0.238. The molecule has 0 saturated heterocycles. The molecule has 2 aromatic heterocycles. The van der Waals surface area contributed by atoms with Gasteiger partial charge in [0.2, 0.25) is 5.95 Å². The molecular formula is C19H20N6O2. The molecule has 0 aliphatic heterocycles. The van der Waals surface area contributed by atoms with Crippen molar-refractivity contribution in [1.29, 1.82) is 0 Å². The van der Waals surface area contributed by atoms with Gasteiger partial charge in [-0.1, -0.05) is 30.3 Å². The van der Waals surface area contributed by atoms with Gasteiger partial charge in [-0.15, -0.1) is 0 Å². The first kappa shape index (κ1) is 18.2. The summed E-state index contributed by atoms with van der Waals surface area (Å²) < 4.78 is 1.52. The Balaban J connectivity index is 1.77. The van der Waals surface area contributed by atoms with Gasteiger partial charge in [0.15, 0.2) is 0 Å². The quantitative estimate of drug-likeness (QED) is 0.705. The van der Waals surface area contributed by atoms with Gasteiger partial charge >= 0.3 is 5.69 Å². The van der Waals surface area contributed by atoms with E-state index in [1.165, 1.54) is 10.8 Å². The molecule has 0 fully saturated rings. The van der Waals surface area contributed by atoms with Crippen LogP contribution in [0.25, 0.3) is 11.3 Å². The van der Waals surface area contributed by atoms with Crippen LogP contribution >= 0.6 is 0 Å². The minimum Gasteiger partial charge on any atom is -0.368 e. The number of benzene rings is 1. The third-order valence-electron chi connectivity index (χ3n) is 4.07. The normalized spacial score (nSPS) is 10.6. The van der Waals surface area contributed by atoms with Gasteiger partial charge in [0.25, 0.3) is 5.91 Å². The van der Waals surface area contributed by atoms with Gasteiger partial charge in [0.05, 0.1) is 11.3 Å². The Morgan fingerprint density at radius 1 is 1.19 bits per heavy atom. The Bertz CT molecular complexity index is 1030. The summed E-state index contributed by atoms with van der Waals surface area (Å²) in [6, 6.07) is 11.1. The number of aromatic nitrogens is 4. The van der Waals surface area contributed by atoms with Crippen LogP contribution in [0.2, 0.25) is 0 Å². The van der Waals surface area contributed by atoms with Crippen LogP contribution in [0.3, 0.4) is 0 Å². The Hall–Kier alpha value is -3.55. The monoisotopic (exact) mass is 364 g/mol. The molecule has 0 bridgehead atoms. The molecule has 0 aliphatic rings. The number of hydrogen-bond donors (Lipinski definition) is 2. The van der Waals surface area contributed by atoms with Gasteiger partial charge in [0, 0.05) is 36.2 Å². The predicted octanol–water partition coefficient (Wildman–Crippen LogP) is 1.33. The minimum atomic E-state index is -0.334. The number of hydrogen-bond acceptors (Lipinski definition) is 6. The number of nitrogens with zero attached hydrogens (tertiary/aromatic N) is 4. The van der Waals surface area contributed by atoms with Gasteiger partial charge in [-0.2, -0.15) is 4.98 Å². The molecule has 27 heavy (non-hydrogen) atoms. The fourth-order valence-corrected chi connectivity index (χ4v) is 2.80. The van der Waals surface area contributed by atoms with Crippen LogP contribution in [0.1, 0.15) is 21.7 Å². The second-order valence-electron chi connectivity index (χ2n) is 6.09. The smallest absolute Gasteiger partial charge is 0.348 e. The van der Waals surface area contributed by atoms with Crippen molar-refractivity contribution in [1.82, 2.24) is 24.8 Å². The molecule has 0 unspecified atom stereocenters. The number of anilines is 1. The summed E-state index contributed by atoms with van der Waals surface area (Å²) in [6.45, 7) is 4.19. The van der Waals surface area contributed by atoms with Crippen LogP contribution in [0.15, 0.2) is 47.4 Å². The lowest BCUT2D eigenvalue weighted by atomic mass is 10.1. The number of aryl methyl sites for hydroxylation is 2. The van der Waals surface area contributed by atoms with Crippen LogP contribution < -0.4 is 16.7 Å². The lowest BCUT2D eigenvalue weighted by Gasteiger charge is -2.12. The molecule has 138 valence electrons. The molecule has 3 N–H and O–H groups in total. The van der Waals surface area contributed by atoms with Crippen LogP contribution in [-0.4, -0.2) is 32.0 Å². The first-order chi connectivity index (χ1) is 13.0. The van der Waals surface area contributed by atoms with E-state index in [1.807, 2.05) is 43.3 Å². The molecule has 3 rings (SSSR count). The highest BCUT2D eigenvalue weighted by molar-refractivity contribution is 5.99. The van der Waals surface area contributed by atoms with E-state index in [9.17, 15) is 9.59 Å². The molecule has 0 radical (unpaired) electrons. The van der Waals surface area contributed by atoms with Crippen LogP contribution in [0.4, 0.5) is 5.95 Å². The lowest BCUT2D eigenvalue weighted by molar-refractivity contribution is 0.0952. The molecule has 8 heteroatoms. The number of rotatable bonds is 5. The first-order valence-electron chi connectivity index (χ1n) is 8.47. The fourth-order valence-electron chi connectivity index (χ4n) is 2.80.